The van der Waals surface area contributed by atoms with Crippen LogP contribution in [0.15, 0.2) is 18.2 Å². The van der Waals surface area contributed by atoms with Gasteiger partial charge in [0.05, 0.1) is 12.2 Å². The minimum Gasteiger partial charge on any atom is -0.299 e. The summed E-state index contributed by atoms with van der Waals surface area (Å²) in [5.41, 5.74) is 2.23. The molecule has 1 aliphatic heterocycles. The van der Waals surface area contributed by atoms with Crippen molar-refractivity contribution in [3.05, 3.63) is 27.3 Å². The molecule has 0 aliphatic carbocycles. The van der Waals surface area contributed by atoms with Crippen molar-refractivity contribution >= 4 is 34.2 Å². The van der Waals surface area contributed by atoms with Crippen molar-refractivity contribution in [2.24, 2.45) is 0 Å². The Morgan fingerprint density at radius 1 is 1.47 bits per heavy atom. The fourth-order valence-corrected chi connectivity index (χ4v) is 2.67. The lowest BCUT2D eigenvalue weighted by molar-refractivity contribution is -0.118. The van der Waals surface area contributed by atoms with Crippen LogP contribution in [0.4, 0.5) is 5.69 Å². The predicted octanol–water partition coefficient (Wildman–Crippen LogP) is 2.20. The minimum absolute atomic E-state index is 0.129. The number of carbonyl (C=O) groups is 1. The van der Waals surface area contributed by atoms with Gasteiger partial charge in [-0.15, -0.1) is 6.42 Å². The van der Waals surface area contributed by atoms with Gasteiger partial charge in [-0.05, 0) is 40.6 Å². The lowest BCUT2D eigenvalue weighted by Gasteiger charge is -2.28. The molecule has 2 rings (SSSR count). The molecular formula is C12H10INO. The Bertz CT molecular complexity index is 447. The van der Waals surface area contributed by atoms with E-state index in [4.69, 9.17) is 6.42 Å². The molecule has 1 heterocycles. The summed E-state index contributed by atoms with van der Waals surface area (Å²) < 4.78 is 1.09. The van der Waals surface area contributed by atoms with E-state index >= 15 is 0 Å². The highest BCUT2D eigenvalue weighted by molar-refractivity contribution is 14.1. The number of benzene rings is 1. The van der Waals surface area contributed by atoms with Crippen molar-refractivity contribution in [1.82, 2.24) is 0 Å². The van der Waals surface area contributed by atoms with Crippen molar-refractivity contribution in [3.8, 4) is 12.3 Å². The van der Waals surface area contributed by atoms with Crippen LogP contribution >= 0.6 is 22.6 Å². The number of halogens is 1. The Labute approximate surface area is 103 Å². The average molecular weight is 311 g/mol. The molecule has 15 heavy (non-hydrogen) atoms. The Morgan fingerprint density at radius 3 is 3.00 bits per heavy atom. The summed E-state index contributed by atoms with van der Waals surface area (Å²) in [5.74, 6) is 2.67. The molecule has 0 saturated carbocycles. The van der Waals surface area contributed by atoms with Crippen LogP contribution in [0.1, 0.15) is 12.0 Å². The SMILES string of the molecule is C#CCN1C(=O)CCc2cccc(I)c21. The first-order chi connectivity index (χ1) is 7.24. The molecule has 3 heteroatoms. The molecule has 1 aromatic carbocycles. The molecule has 1 aliphatic rings. The van der Waals surface area contributed by atoms with E-state index < -0.39 is 0 Å². The second kappa shape index (κ2) is 4.23. The van der Waals surface area contributed by atoms with E-state index in [0.29, 0.717) is 13.0 Å². The summed E-state index contributed by atoms with van der Waals surface area (Å²) in [4.78, 5) is 13.4. The number of amides is 1. The number of anilines is 1. The van der Waals surface area contributed by atoms with Gasteiger partial charge in [-0.2, -0.15) is 0 Å². The Balaban J connectivity index is 2.51. The van der Waals surface area contributed by atoms with Crippen molar-refractivity contribution in [2.75, 3.05) is 11.4 Å². The molecule has 1 amide bonds. The minimum atomic E-state index is 0.129. The van der Waals surface area contributed by atoms with Crippen LogP contribution in [0.5, 0.6) is 0 Å². The number of hydrogen-bond acceptors (Lipinski definition) is 1. The van der Waals surface area contributed by atoms with Crippen LogP contribution in [0.2, 0.25) is 0 Å². The van der Waals surface area contributed by atoms with Crippen LogP contribution in [0.25, 0.3) is 0 Å². The highest BCUT2D eigenvalue weighted by Crippen LogP contribution is 2.31. The first-order valence-corrected chi connectivity index (χ1v) is 5.83. The van der Waals surface area contributed by atoms with Crippen molar-refractivity contribution in [1.29, 1.82) is 0 Å². The number of nitrogens with zero attached hydrogens (tertiary/aromatic N) is 1. The van der Waals surface area contributed by atoms with E-state index in [9.17, 15) is 4.79 Å². The Hall–Kier alpha value is -1.02. The molecule has 0 fully saturated rings. The average Bonchev–Trinajstić information content (AvgIpc) is 2.23. The normalized spacial score (nSPS) is 14.7. The highest BCUT2D eigenvalue weighted by Gasteiger charge is 2.24. The molecule has 0 unspecified atom stereocenters. The maximum Gasteiger partial charge on any atom is 0.228 e. The van der Waals surface area contributed by atoms with Gasteiger partial charge < -0.3 is 0 Å². The third-order valence-corrected chi connectivity index (χ3v) is 3.37. The summed E-state index contributed by atoms with van der Waals surface area (Å²) >= 11 is 2.25. The van der Waals surface area contributed by atoms with E-state index in [1.165, 1.54) is 5.56 Å². The molecule has 1 aromatic rings. The van der Waals surface area contributed by atoms with Crippen molar-refractivity contribution in [2.45, 2.75) is 12.8 Å². The van der Waals surface area contributed by atoms with Gasteiger partial charge in [0.25, 0.3) is 0 Å². The molecule has 0 aromatic heterocycles. The van der Waals surface area contributed by atoms with Gasteiger partial charge in [-0.25, -0.2) is 0 Å². The maximum absolute atomic E-state index is 11.7. The zero-order valence-electron chi connectivity index (χ0n) is 8.16. The topological polar surface area (TPSA) is 20.3 Å². The summed E-state index contributed by atoms with van der Waals surface area (Å²) in [6.45, 7) is 0.367. The summed E-state index contributed by atoms with van der Waals surface area (Å²) in [5, 5.41) is 0. The predicted molar refractivity (Wildman–Crippen MR) is 68.7 cm³/mol. The van der Waals surface area contributed by atoms with Crippen LogP contribution in [-0.4, -0.2) is 12.5 Å². The lowest BCUT2D eigenvalue weighted by Crippen LogP contribution is -2.36. The van der Waals surface area contributed by atoms with Gasteiger partial charge in [-0.1, -0.05) is 18.1 Å². The summed E-state index contributed by atoms with van der Waals surface area (Å²) in [7, 11) is 0. The van der Waals surface area contributed by atoms with Gasteiger partial charge in [-0.3, -0.25) is 9.69 Å². The number of aryl methyl sites for hydroxylation is 1. The molecule has 0 N–H and O–H groups in total. The van der Waals surface area contributed by atoms with E-state index in [0.717, 1.165) is 15.7 Å². The number of fused-ring (bicyclic) bond motifs is 1. The summed E-state index contributed by atoms with van der Waals surface area (Å²) in [6, 6.07) is 6.08. The number of rotatable bonds is 1. The molecule has 0 radical (unpaired) electrons. The Kier molecular flexibility index (Phi) is 2.96. The van der Waals surface area contributed by atoms with Gasteiger partial charge >= 0.3 is 0 Å². The molecule has 0 saturated heterocycles. The van der Waals surface area contributed by atoms with Crippen molar-refractivity contribution in [3.63, 3.8) is 0 Å². The number of hydrogen-bond donors (Lipinski definition) is 0. The van der Waals surface area contributed by atoms with E-state index in [1.807, 2.05) is 12.1 Å². The van der Waals surface area contributed by atoms with Crippen molar-refractivity contribution < 1.29 is 4.79 Å². The van der Waals surface area contributed by atoms with Gasteiger partial charge in [0.2, 0.25) is 5.91 Å². The van der Waals surface area contributed by atoms with Gasteiger partial charge in [0, 0.05) is 9.99 Å². The smallest absolute Gasteiger partial charge is 0.228 e. The van der Waals surface area contributed by atoms with Crippen LogP contribution in [0, 0.1) is 15.9 Å². The first kappa shape index (κ1) is 10.5. The number of carbonyl (C=O) groups excluding carboxylic acids is 1. The quantitative estimate of drug-likeness (QED) is 0.575. The molecule has 0 atom stereocenters. The third kappa shape index (κ3) is 1.86. The first-order valence-electron chi connectivity index (χ1n) is 4.75. The van der Waals surface area contributed by atoms with E-state index in [-0.39, 0.29) is 5.91 Å². The largest absolute Gasteiger partial charge is 0.299 e. The molecule has 2 nitrogen and oxygen atoms in total. The standard InChI is InChI=1S/C12H10INO/c1-2-8-14-11(15)7-6-9-4-3-5-10(13)12(9)14/h1,3-5H,6-8H2. The highest BCUT2D eigenvalue weighted by atomic mass is 127. The maximum atomic E-state index is 11.7. The van der Waals surface area contributed by atoms with Gasteiger partial charge in [0.1, 0.15) is 0 Å². The zero-order valence-corrected chi connectivity index (χ0v) is 10.3. The Morgan fingerprint density at radius 2 is 2.27 bits per heavy atom. The monoisotopic (exact) mass is 311 g/mol. The van der Waals surface area contributed by atoms with Gasteiger partial charge in [0.15, 0.2) is 0 Å². The third-order valence-electron chi connectivity index (χ3n) is 2.50. The van der Waals surface area contributed by atoms with Crippen LogP contribution in [-0.2, 0) is 11.2 Å². The number of para-hydroxylation sites is 1. The lowest BCUT2D eigenvalue weighted by atomic mass is 10.0. The van der Waals surface area contributed by atoms with E-state index in [2.05, 4.69) is 34.6 Å². The molecular weight excluding hydrogens is 301 g/mol. The second-order valence-electron chi connectivity index (χ2n) is 3.43. The molecule has 0 bridgehead atoms. The fraction of sp³-hybridized carbons (Fsp3) is 0.250. The fourth-order valence-electron chi connectivity index (χ4n) is 1.82. The number of terminal acetylenes is 1. The summed E-state index contributed by atoms with van der Waals surface area (Å²) in [6.07, 6.45) is 6.67. The van der Waals surface area contributed by atoms with Crippen LogP contribution < -0.4 is 4.90 Å². The molecule has 76 valence electrons. The van der Waals surface area contributed by atoms with Crippen LogP contribution in [0.3, 0.4) is 0 Å². The van der Waals surface area contributed by atoms with E-state index in [1.54, 1.807) is 4.90 Å². The zero-order chi connectivity index (χ0) is 10.8. The molecule has 0 spiro atoms. The second-order valence-corrected chi connectivity index (χ2v) is 4.59.